The normalized spacial score (nSPS) is 16.4. The van der Waals surface area contributed by atoms with E-state index >= 15 is 0 Å². The van der Waals surface area contributed by atoms with E-state index in [1.807, 2.05) is 4.57 Å². The van der Waals surface area contributed by atoms with Gasteiger partial charge in [-0.2, -0.15) is 0 Å². The SMILES string of the molecule is CCOC(=O)Cc1[nH]c(=S)n2c1C[C@@H](c1cc(F)ccc1F)C2. The van der Waals surface area contributed by atoms with E-state index < -0.39 is 11.6 Å². The minimum atomic E-state index is -0.463. The summed E-state index contributed by atoms with van der Waals surface area (Å²) in [6.45, 7) is 2.52. The van der Waals surface area contributed by atoms with E-state index in [1.54, 1.807) is 6.92 Å². The summed E-state index contributed by atoms with van der Waals surface area (Å²) in [7, 11) is 0. The highest BCUT2D eigenvalue weighted by Gasteiger charge is 2.29. The van der Waals surface area contributed by atoms with Crippen LogP contribution in [0.5, 0.6) is 0 Å². The molecule has 1 aromatic carbocycles. The summed E-state index contributed by atoms with van der Waals surface area (Å²) in [6.07, 6.45) is 0.598. The maximum atomic E-state index is 14.0. The number of halogens is 2. The third kappa shape index (κ3) is 3.06. The summed E-state index contributed by atoms with van der Waals surface area (Å²) in [6, 6.07) is 3.47. The minimum absolute atomic E-state index is 0.0954. The number of imidazole rings is 1. The van der Waals surface area contributed by atoms with Gasteiger partial charge in [-0.15, -0.1) is 0 Å². The second kappa shape index (κ2) is 6.23. The standard InChI is InChI=1S/C16H16F2N2O2S/c1-2-22-15(21)7-13-14-5-9(8-20(14)16(23)19-13)11-6-10(17)3-4-12(11)18/h3-4,6,9H,2,5,7-8H2,1H3,(H,19,23)/t9-/m1/s1. The van der Waals surface area contributed by atoms with Crippen LogP contribution in [0.15, 0.2) is 18.2 Å². The van der Waals surface area contributed by atoms with Crippen molar-refractivity contribution in [1.82, 2.24) is 9.55 Å². The van der Waals surface area contributed by atoms with Crippen LogP contribution in [-0.4, -0.2) is 22.1 Å². The van der Waals surface area contributed by atoms with Crippen molar-refractivity contribution in [3.8, 4) is 0 Å². The number of rotatable bonds is 4. The van der Waals surface area contributed by atoms with Gasteiger partial charge in [-0.05, 0) is 49.3 Å². The number of hydrogen-bond donors (Lipinski definition) is 1. The lowest BCUT2D eigenvalue weighted by atomic mass is 9.95. The number of nitrogens with zero attached hydrogens (tertiary/aromatic N) is 1. The van der Waals surface area contributed by atoms with E-state index in [2.05, 4.69) is 4.98 Å². The van der Waals surface area contributed by atoms with E-state index in [9.17, 15) is 13.6 Å². The summed E-state index contributed by atoms with van der Waals surface area (Å²) in [5.74, 6) is -1.43. The number of carbonyl (C=O) groups excluding carboxylic acids is 1. The van der Waals surface area contributed by atoms with Crippen LogP contribution in [0.25, 0.3) is 0 Å². The molecule has 1 aliphatic heterocycles. The summed E-state index contributed by atoms with van der Waals surface area (Å²) in [5, 5.41) is 0. The van der Waals surface area contributed by atoms with Crippen LogP contribution >= 0.6 is 12.2 Å². The van der Waals surface area contributed by atoms with Crippen LogP contribution in [0, 0.1) is 16.4 Å². The highest BCUT2D eigenvalue weighted by Crippen LogP contribution is 2.33. The van der Waals surface area contributed by atoms with Gasteiger partial charge < -0.3 is 14.3 Å². The Morgan fingerprint density at radius 1 is 1.48 bits per heavy atom. The van der Waals surface area contributed by atoms with Crippen molar-refractivity contribution < 1.29 is 18.3 Å². The number of hydrogen-bond acceptors (Lipinski definition) is 3. The first kappa shape index (κ1) is 15.9. The lowest BCUT2D eigenvalue weighted by Gasteiger charge is -2.11. The minimum Gasteiger partial charge on any atom is -0.466 e. The van der Waals surface area contributed by atoms with Gasteiger partial charge in [-0.1, -0.05) is 0 Å². The zero-order valence-corrected chi connectivity index (χ0v) is 13.4. The predicted octanol–water partition coefficient (Wildman–Crippen LogP) is 3.27. The summed E-state index contributed by atoms with van der Waals surface area (Å²) < 4.78 is 34.7. The number of benzene rings is 1. The number of aromatic amines is 1. The Hall–Kier alpha value is -2.02. The van der Waals surface area contributed by atoms with Crippen LogP contribution in [0.2, 0.25) is 0 Å². The quantitative estimate of drug-likeness (QED) is 0.687. The maximum Gasteiger partial charge on any atom is 0.311 e. The molecule has 1 N–H and O–H groups in total. The molecule has 0 radical (unpaired) electrons. The lowest BCUT2D eigenvalue weighted by Crippen LogP contribution is -2.09. The second-order valence-corrected chi connectivity index (χ2v) is 5.90. The van der Waals surface area contributed by atoms with Gasteiger partial charge in [0.25, 0.3) is 0 Å². The van der Waals surface area contributed by atoms with Crippen LogP contribution < -0.4 is 0 Å². The third-order valence-corrected chi connectivity index (χ3v) is 4.37. The number of ether oxygens (including phenoxy) is 1. The molecule has 0 aliphatic carbocycles. The smallest absolute Gasteiger partial charge is 0.311 e. The lowest BCUT2D eigenvalue weighted by molar-refractivity contribution is -0.142. The van der Waals surface area contributed by atoms with Crippen molar-refractivity contribution in [1.29, 1.82) is 0 Å². The van der Waals surface area contributed by atoms with Gasteiger partial charge in [0.15, 0.2) is 4.77 Å². The molecule has 2 aromatic rings. The molecule has 0 saturated heterocycles. The molecule has 2 heterocycles. The predicted molar refractivity (Wildman–Crippen MR) is 82.8 cm³/mol. The molecule has 1 aromatic heterocycles. The van der Waals surface area contributed by atoms with Gasteiger partial charge in [-0.3, -0.25) is 4.79 Å². The average Bonchev–Trinajstić information content (AvgIpc) is 3.04. The molecule has 23 heavy (non-hydrogen) atoms. The van der Waals surface area contributed by atoms with Crippen molar-refractivity contribution in [3.63, 3.8) is 0 Å². The molecule has 7 heteroatoms. The number of carbonyl (C=O) groups is 1. The van der Waals surface area contributed by atoms with Crippen LogP contribution in [0.3, 0.4) is 0 Å². The van der Waals surface area contributed by atoms with E-state index in [0.717, 1.165) is 17.8 Å². The molecular weight excluding hydrogens is 322 g/mol. The fourth-order valence-corrected chi connectivity index (χ4v) is 3.35. The highest BCUT2D eigenvalue weighted by molar-refractivity contribution is 7.71. The van der Waals surface area contributed by atoms with E-state index in [4.69, 9.17) is 17.0 Å². The van der Waals surface area contributed by atoms with Crippen molar-refractivity contribution in [3.05, 3.63) is 51.6 Å². The van der Waals surface area contributed by atoms with Crippen molar-refractivity contribution in [2.24, 2.45) is 0 Å². The topological polar surface area (TPSA) is 47.0 Å². The molecule has 0 unspecified atom stereocenters. The van der Waals surface area contributed by atoms with Crippen molar-refractivity contribution in [2.75, 3.05) is 6.61 Å². The first-order valence-electron chi connectivity index (χ1n) is 7.40. The highest BCUT2D eigenvalue weighted by atomic mass is 32.1. The first-order valence-corrected chi connectivity index (χ1v) is 7.81. The van der Waals surface area contributed by atoms with Crippen molar-refractivity contribution >= 4 is 18.2 Å². The monoisotopic (exact) mass is 338 g/mol. The molecular formula is C16H16F2N2O2S. The Kier molecular flexibility index (Phi) is 4.30. The van der Waals surface area contributed by atoms with Gasteiger partial charge in [0.2, 0.25) is 0 Å². The molecule has 122 valence electrons. The zero-order chi connectivity index (χ0) is 16.6. The van der Waals surface area contributed by atoms with E-state index in [-0.39, 0.29) is 18.3 Å². The Bertz CT molecular complexity index is 813. The average molecular weight is 338 g/mol. The van der Waals surface area contributed by atoms with Gasteiger partial charge in [0, 0.05) is 23.9 Å². The summed E-state index contributed by atoms with van der Waals surface area (Å²) in [5.41, 5.74) is 1.88. The molecule has 1 atom stereocenters. The summed E-state index contributed by atoms with van der Waals surface area (Å²) >= 11 is 5.27. The molecule has 0 saturated carbocycles. The molecule has 3 rings (SSSR count). The Balaban J connectivity index is 1.88. The number of aromatic nitrogens is 2. The number of nitrogens with one attached hydrogen (secondary N) is 1. The second-order valence-electron chi connectivity index (χ2n) is 5.51. The van der Waals surface area contributed by atoms with Crippen molar-refractivity contribution in [2.45, 2.75) is 32.2 Å². The number of esters is 1. The van der Waals surface area contributed by atoms with Gasteiger partial charge in [0.05, 0.1) is 13.0 Å². The number of H-pyrrole nitrogens is 1. The van der Waals surface area contributed by atoms with Crippen LogP contribution in [0.4, 0.5) is 8.78 Å². The fraction of sp³-hybridized carbons (Fsp3) is 0.375. The Morgan fingerprint density at radius 2 is 2.26 bits per heavy atom. The van der Waals surface area contributed by atoms with Crippen LogP contribution in [0.1, 0.15) is 29.8 Å². The van der Waals surface area contributed by atoms with Gasteiger partial charge in [0.1, 0.15) is 11.6 Å². The first-order chi connectivity index (χ1) is 11.0. The third-order valence-electron chi connectivity index (χ3n) is 4.04. The molecule has 4 nitrogen and oxygen atoms in total. The maximum absolute atomic E-state index is 14.0. The molecule has 1 aliphatic rings. The number of fused-ring (bicyclic) bond motifs is 1. The van der Waals surface area contributed by atoms with Gasteiger partial charge in [-0.25, -0.2) is 8.78 Å². The van der Waals surface area contributed by atoms with E-state index in [1.165, 1.54) is 6.07 Å². The van der Waals surface area contributed by atoms with E-state index in [0.29, 0.717) is 35.6 Å². The molecule has 0 spiro atoms. The Morgan fingerprint density at radius 3 is 3.00 bits per heavy atom. The zero-order valence-electron chi connectivity index (χ0n) is 12.6. The molecule has 0 amide bonds. The van der Waals surface area contributed by atoms with Crippen LogP contribution in [-0.2, 0) is 28.9 Å². The molecule has 0 bridgehead atoms. The fourth-order valence-electron chi connectivity index (χ4n) is 3.04. The van der Waals surface area contributed by atoms with Gasteiger partial charge >= 0.3 is 5.97 Å². The summed E-state index contributed by atoms with van der Waals surface area (Å²) in [4.78, 5) is 14.7. The largest absolute Gasteiger partial charge is 0.466 e. The Labute approximate surface area is 137 Å². The molecule has 0 fully saturated rings.